The van der Waals surface area contributed by atoms with Crippen molar-refractivity contribution in [2.45, 2.75) is 33.3 Å². The van der Waals surface area contributed by atoms with Crippen LogP contribution in [0.25, 0.3) is 0 Å². The summed E-state index contributed by atoms with van der Waals surface area (Å²) in [5.74, 6) is -0.271. The van der Waals surface area contributed by atoms with E-state index in [2.05, 4.69) is 5.32 Å². The zero-order valence-corrected chi connectivity index (χ0v) is 14.0. The van der Waals surface area contributed by atoms with Crippen LogP contribution in [0.15, 0.2) is 24.3 Å². The third kappa shape index (κ3) is 5.48. The predicted octanol–water partition coefficient (Wildman–Crippen LogP) is 1.92. The molecule has 1 atom stereocenters. The molecule has 0 spiro atoms. The summed E-state index contributed by atoms with van der Waals surface area (Å²) >= 11 is 0. The van der Waals surface area contributed by atoms with Crippen molar-refractivity contribution >= 4 is 11.8 Å². The van der Waals surface area contributed by atoms with Crippen LogP contribution in [-0.2, 0) is 0 Å². The molecular weight excluding hydrogens is 280 g/mol. The van der Waals surface area contributed by atoms with Gasteiger partial charge in [-0.3, -0.25) is 9.59 Å². The number of carbonyl (C=O) groups excluding carboxylic acids is 2. The number of aliphatic hydroxyl groups excluding tert-OH is 1. The Labute approximate surface area is 132 Å². The monoisotopic (exact) mass is 306 g/mol. The van der Waals surface area contributed by atoms with Crippen molar-refractivity contribution in [3.05, 3.63) is 35.4 Å². The van der Waals surface area contributed by atoms with Gasteiger partial charge in [0.05, 0.1) is 6.10 Å². The number of nitrogens with zero attached hydrogens (tertiary/aromatic N) is 1. The van der Waals surface area contributed by atoms with Gasteiger partial charge in [-0.1, -0.05) is 13.8 Å². The fraction of sp³-hybridized carbons (Fsp3) is 0.529. The van der Waals surface area contributed by atoms with Gasteiger partial charge in [-0.15, -0.1) is 0 Å². The zero-order chi connectivity index (χ0) is 16.9. The Morgan fingerprint density at radius 2 is 1.68 bits per heavy atom. The summed E-state index contributed by atoms with van der Waals surface area (Å²) in [6, 6.07) is 6.60. The lowest BCUT2D eigenvalue weighted by atomic mass is 9.87. The molecule has 0 aliphatic carbocycles. The Bertz CT molecular complexity index is 519. The smallest absolute Gasteiger partial charge is 0.253 e. The van der Waals surface area contributed by atoms with E-state index in [1.165, 1.54) is 4.90 Å². The summed E-state index contributed by atoms with van der Waals surface area (Å²) in [5, 5.41) is 12.3. The van der Waals surface area contributed by atoms with Crippen LogP contribution in [0, 0.1) is 5.41 Å². The highest BCUT2D eigenvalue weighted by Gasteiger charge is 2.21. The number of benzene rings is 1. The van der Waals surface area contributed by atoms with Crippen molar-refractivity contribution in [3.63, 3.8) is 0 Å². The minimum Gasteiger partial charge on any atom is -0.393 e. The minimum atomic E-state index is -0.400. The van der Waals surface area contributed by atoms with Crippen LogP contribution >= 0.6 is 0 Å². The standard InChI is InChI=1S/C17H26N2O3/c1-12(20)10-17(2,3)11-18-15(21)13-6-8-14(9-7-13)16(22)19(4)5/h6-9,12,20H,10-11H2,1-5H3,(H,18,21). The molecule has 0 heterocycles. The second kappa shape index (κ2) is 7.40. The lowest BCUT2D eigenvalue weighted by Gasteiger charge is -2.26. The van der Waals surface area contributed by atoms with Gasteiger partial charge in [0, 0.05) is 31.8 Å². The van der Waals surface area contributed by atoms with Gasteiger partial charge in [0.15, 0.2) is 0 Å². The number of hydrogen-bond donors (Lipinski definition) is 2. The second-order valence-electron chi connectivity index (χ2n) is 6.68. The molecule has 0 aliphatic heterocycles. The fourth-order valence-electron chi connectivity index (χ4n) is 2.32. The van der Waals surface area contributed by atoms with Crippen LogP contribution in [0.1, 0.15) is 47.9 Å². The molecule has 22 heavy (non-hydrogen) atoms. The first-order chi connectivity index (χ1) is 10.1. The molecule has 0 radical (unpaired) electrons. The first kappa shape index (κ1) is 18.2. The quantitative estimate of drug-likeness (QED) is 0.843. The van der Waals surface area contributed by atoms with Crippen molar-refractivity contribution in [2.24, 2.45) is 5.41 Å². The first-order valence-corrected chi connectivity index (χ1v) is 7.40. The molecular formula is C17H26N2O3. The number of carbonyl (C=O) groups is 2. The first-order valence-electron chi connectivity index (χ1n) is 7.40. The average molecular weight is 306 g/mol. The van der Waals surface area contributed by atoms with E-state index in [-0.39, 0.29) is 17.2 Å². The summed E-state index contributed by atoms with van der Waals surface area (Å²) in [7, 11) is 3.38. The molecule has 122 valence electrons. The third-order valence-corrected chi connectivity index (χ3v) is 3.38. The largest absolute Gasteiger partial charge is 0.393 e. The lowest BCUT2D eigenvalue weighted by Crippen LogP contribution is -2.35. The van der Waals surface area contributed by atoms with Crippen molar-refractivity contribution in [2.75, 3.05) is 20.6 Å². The van der Waals surface area contributed by atoms with Crippen molar-refractivity contribution in [3.8, 4) is 0 Å². The molecule has 1 unspecified atom stereocenters. The van der Waals surface area contributed by atoms with Crippen LogP contribution in [0.3, 0.4) is 0 Å². The van der Waals surface area contributed by atoms with Gasteiger partial charge >= 0.3 is 0 Å². The normalized spacial score (nSPS) is 12.6. The van der Waals surface area contributed by atoms with Gasteiger partial charge < -0.3 is 15.3 Å². The van der Waals surface area contributed by atoms with Crippen molar-refractivity contribution in [1.82, 2.24) is 10.2 Å². The Hall–Kier alpha value is -1.88. The predicted molar refractivity (Wildman–Crippen MR) is 86.9 cm³/mol. The zero-order valence-electron chi connectivity index (χ0n) is 14.0. The van der Waals surface area contributed by atoms with E-state index in [0.717, 1.165) is 0 Å². The van der Waals surface area contributed by atoms with Gasteiger partial charge in [0.2, 0.25) is 0 Å². The highest BCUT2D eigenvalue weighted by molar-refractivity contribution is 5.97. The Balaban J connectivity index is 2.65. The second-order valence-corrected chi connectivity index (χ2v) is 6.68. The number of rotatable bonds is 6. The molecule has 0 bridgehead atoms. The summed E-state index contributed by atoms with van der Waals surface area (Å²) in [4.78, 5) is 25.4. The van der Waals surface area contributed by atoms with E-state index in [1.807, 2.05) is 13.8 Å². The molecule has 1 aromatic rings. The Kier molecular flexibility index (Phi) is 6.11. The van der Waals surface area contributed by atoms with E-state index in [1.54, 1.807) is 45.3 Å². The van der Waals surface area contributed by atoms with Gasteiger partial charge in [-0.05, 0) is 43.0 Å². The van der Waals surface area contributed by atoms with E-state index in [9.17, 15) is 14.7 Å². The maximum atomic E-state index is 12.1. The van der Waals surface area contributed by atoms with Crippen LogP contribution in [0.5, 0.6) is 0 Å². The van der Waals surface area contributed by atoms with Crippen LogP contribution < -0.4 is 5.32 Å². The van der Waals surface area contributed by atoms with Gasteiger partial charge in [0.1, 0.15) is 0 Å². The highest BCUT2D eigenvalue weighted by Crippen LogP contribution is 2.21. The maximum Gasteiger partial charge on any atom is 0.253 e. The van der Waals surface area contributed by atoms with Crippen LogP contribution in [0.4, 0.5) is 0 Å². The SMILES string of the molecule is CC(O)CC(C)(C)CNC(=O)c1ccc(C(=O)N(C)C)cc1. The molecule has 5 heteroatoms. The molecule has 0 fully saturated rings. The summed E-state index contributed by atoms with van der Waals surface area (Å²) in [6.45, 7) is 6.22. The van der Waals surface area contributed by atoms with E-state index in [4.69, 9.17) is 0 Å². The van der Waals surface area contributed by atoms with Crippen LogP contribution in [-0.4, -0.2) is 48.6 Å². The average Bonchev–Trinajstić information content (AvgIpc) is 2.42. The molecule has 0 aromatic heterocycles. The van der Waals surface area contributed by atoms with Crippen molar-refractivity contribution < 1.29 is 14.7 Å². The van der Waals surface area contributed by atoms with E-state index in [0.29, 0.717) is 24.1 Å². The van der Waals surface area contributed by atoms with Gasteiger partial charge in [-0.25, -0.2) is 0 Å². The molecule has 0 aliphatic rings. The molecule has 5 nitrogen and oxygen atoms in total. The summed E-state index contributed by atoms with van der Waals surface area (Å²) in [6.07, 6.45) is 0.215. The maximum absolute atomic E-state index is 12.1. The molecule has 1 aromatic carbocycles. The highest BCUT2D eigenvalue weighted by atomic mass is 16.3. The molecule has 2 N–H and O–H groups in total. The Morgan fingerprint density at radius 3 is 2.14 bits per heavy atom. The fourth-order valence-corrected chi connectivity index (χ4v) is 2.32. The van der Waals surface area contributed by atoms with E-state index >= 15 is 0 Å². The molecule has 1 rings (SSSR count). The molecule has 2 amide bonds. The lowest BCUT2D eigenvalue weighted by molar-refractivity contribution is 0.0826. The number of nitrogens with one attached hydrogen (secondary N) is 1. The number of amides is 2. The molecule has 0 saturated carbocycles. The van der Waals surface area contributed by atoms with E-state index < -0.39 is 6.10 Å². The Morgan fingerprint density at radius 1 is 1.18 bits per heavy atom. The van der Waals surface area contributed by atoms with Gasteiger partial charge in [-0.2, -0.15) is 0 Å². The number of aliphatic hydroxyl groups is 1. The topological polar surface area (TPSA) is 69.6 Å². The summed E-state index contributed by atoms with van der Waals surface area (Å²) in [5.41, 5.74) is 0.893. The van der Waals surface area contributed by atoms with Crippen molar-refractivity contribution in [1.29, 1.82) is 0 Å². The molecule has 0 saturated heterocycles. The summed E-state index contributed by atoms with van der Waals surface area (Å²) < 4.78 is 0. The van der Waals surface area contributed by atoms with Crippen LogP contribution in [0.2, 0.25) is 0 Å². The minimum absolute atomic E-state index is 0.0926. The number of hydrogen-bond acceptors (Lipinski definition) is 3. The van der Waals surface area contributed by atoms with Gasteiger partial charge in [0.25, 0.3) is 11.8 Å². The third-order valence-electron chi connectivity index (χ3n) is 3.38.